The van der Waals surface area contributed by atoms with E-state index >= 15 is 0 Å². The molecule has 0 fully saturated rings. The summed E-state index contributed by atoms with van der Waals surface area (Å²) in [5.41, 5.74) is 5.22. The SMILES string of the molecule is COc1ccc(C2Cc3ccc(OC)cc3C(Cc3ccc(F)cc3)C2C)cc1. The number of hydrogen-bond donors (Lipinski definition) is 0. The van der Waals surface area contributed by atoms with Crippen LogP contribution in [-0.2, 0) is 12.8 Å². The van der Waals surface area contributed by atoms with Crippen LogP contribution in [0.3, 0.4) is 0 Å². The van der Waals surface area contributed by atoms with Crippen LogP contribution in [0.5, 0.6) is 11.5 Å². The highest BCUT2D eigenvalue weighted by Gasteiger charge is 2.35. The zero-order chi connectivity index (χ0) is 20.4. The molecule has 150 valence electrons. The van der Waals surface area contributed by atoms with E-state index in [1.54, 1.807) is 26.4 Å². The van der Waals surface area contributed by atoms with Crippen LogP contribution in [0.25, 0.3) is 0 Å². The molecule has 0 bridgehead atoms. The highest BCUT2D eigenvalue weighted by molar-refractivity contribution is 5.44. The van der Waals surface area contributed by atoms with Gasteiger partial charge in [-0.05, 0) is 89.2 Å². The van der Waals surface area contributed by atoms with E-state index in [9.17, 15) is 4.39 Å². The van der Waals surface area contributed by atoms with Crippen molar-refractivity contribution >= 4 is 0 Å². The molecule has 0 spiro atoms. The van der Waals surface area contributed by atoms with Crippen molar-refractivity contribution in [1.82, 2.24) is 0 Å². The zero-order valence-corrected chi connectivity index (χ0v) is 17.2. The normalized spacial score (nSPS) is 20.8. The van der Waals surface area contributed by atoms with E-state index in [0.717, 1.165) is 29.9 Å². The van der Waals surface area contributed by atoms with Crippen molar-refractivity contribution in [2.75, 3.05) is 14.2 Å². The second-order valence-electron chi connectivity index (χ2n) is 7.94. The van der Waals surface area contributed by atoms with Gasteiger partial charge in [-0.1, -0.05) is 37.3 Å². The lowest BCUT2D eigenvalue weighted by molar-refractivity contribution is 0.345. The molecule has 0 saturated heterocycles. The third-order valence-electron chi connectivity index (χ3n) is 6.37. The molecule has 0 N–H and O–H groups in total. The van der Waals surface area contributed by atoms with Crippen LogP contribution in [0.15, 0.2) is 66.7 Å². The highest BCUT2D eigenvalue weighted by Crippen LogP contribution is 2.46. The minimum Gasteiger partial charge on any atom is -0.497 e. The van der Waals surface area contributed by atoms with Crippen LogP contribution in [0.2, 0.25) is 0 Å². The Morgan fingerprint density at radius 2 is 1.52 bits per heavy atom. The number of ether oxygens (including phenoxy) is 2. The van der Waals surface area contributed by atoms with Crippen molar-refractivity contribution in [3.05, 3.63) is 94.8 Å². The molecule has 1 aliphatic carbocycles. The van der Waals surface area contributed by atoms with Gasteiger partial charge >= 0.3 is 0 Å². The predicted octanol–water partition coefficient (Wildman–Crippen LogP) is 6.15. The highest BCUT2D eigenvalue weighted by atomic mass is 19.1. The fourth-order valence-electron chi connectivity index (χ4n) is 4.66. The minimum atomic E-state index is -0.191. The van der Waals surface area contributed by atoms with Crippen molar-refractivity contribution in [3.8, 4) is 11.5 Å². The first kappa shape index (κ1) is 19.5. The average molecular weight is 390 g/mol. The van der Waals surface area contributed by atoms with Gasteiger partial charge in [0.25, 0.3) is 0 Å². The fraction of sp³-hybridized carbons (Fsp3) is 0.308. The van der Waals surface area contributed by atoms with Gasteiger partial charge in [-0.3, -0.25) is 0 Å². The molecule has 1 aliphatic rings. The molecule has 3 aromatic rings. The molecule has 0 saturated carbocycles. The molecule has 0 aliphatic heterocycles. The Morgan fingerprint density at radius 3 is 2.17 bits per heavy atom. The number of hydrogen-bond acceptors (Lipinski definition) is 2. The maximum Gasteiger partial charge on any atom is 0.123 e. The van der Waals surface area contributed by atoms with Gasteiger partial charge in [0.05, 0.1) is 14.2 Å². The van der Waals surface area contributed by atoms with Gasteiger partial charge in [0, 0.05) is 0 Å². The lowest BCUT2D eigenvalue weighted by Gasteiger charge is -2.38. The lowest BCUT2D eigenvalue weighted by atomic mass is 9.66. The van der Waals surface area contributed by atoms with Crippen molar-refractivity contribution in [3.63, 3.8) is 0 Å². The second kappa shape index (κ2) is 8.28. The minimum absolute atomic E-state index is 0.191. The summed E-state index contributed by atoms with van der Waals surface area (Å²) in [7, 11) is 3.41. The van der Waals surface area contributed by atoms with E-state index < -0.39 is 0 Å². The summed E-state index contributed by atoms with van der Waals surface area (Å²) < 4.78 is 24.2. The van der Waals surface area contributed by atoms with E-state index in [0.29, 0.717) is 17.8 Å². The van der Waals surface area contributed by atoms with E-state index in [1.165, 1.54) is 16.7 Å². The number of fused-ring (bicyclic) bond motifs is 1. The molecule has 3 unspecified atom stereocenters. The summed E-state index contributed by atoms with van der Waals surface area (Å²) in [4.78, 5) is 0. The Balaban J connectivity index is 1.72. The molecule has 3 aromatic carbocycles. The maximum absolute atomic E-state index is 13.4. The van der Waals surface area contributed by atoms with Gasteiger partial charge in [-0.15, -0.1) is 0 Å². The molecule has 0 amide bonds. The van der Waals surface area contributed by atoms with Crippen LogP contribution < -0.4 is 9.47 Å². The fourth-order valence-corrected chi connectivity index (χ4v) is 4.66. The number of methoxy groups -OCH3 is 2. The Hall–Kier alpha value is -2.81. The smallest absolute Gasteiger partial charge is 0.123 e. The van der Waals surface area contributed by atoms with Crippen LogP contribution in [-0.4, -0.2) is 14.2 Å². The molecule has 0 heterocycles. The zero-order valence-electron chi connectivity index (χ0n) is 17.2. The Bertz CT molecular complexity index is 963. The van der Waals surface area contributed by atoms with E-state index in [2.05, 4.69) is 37.3 Å². The second-order valence-corrected chi connectivity index (χ2v) is 7.94. The number of rotatable bonds is 5. The average Bonchev–Trinajstić information content (AvgIpc) is 2.76. The molecule has 4 rings (SSSR count). The van der Waals surface area contributed by atoms with E-state index in [1.807, 2.05) is 24.3 Å². The van der Waals surface area contributed by atoms with Crippen LogP contribution >= 0.6 is 0 Å². The van der Waals surface area contributed by atoms with Gasteiger partial charge < -0.3 is 9.47 Å². The Kier molecular flexibility index (Phi) is 5.57. The summed E-state index contributed by atoms with van der Waals surface area (Å²) in [6.45, 7) is 2.34. The molecule has 3 heteroatoms. The summed E-state index contributed by atoms with van der Waals surface area (Å²) in [6.07, 6.45) is 1.89. The number of halogens is 1. The van der Waals surface area contributed by atoms with Crippen molar-refractivity contribution < 1.29 is 13.9 Å². The van der Waals surface area contributed by atoms with Gasteiger partial charge in [0.15, 0.2) is 0 Å². The van der Waals surface area contributed by atoms with Gasteiger partial charge in [-0.2, -0.15) is 0 Å². The van der Waals surface area contributed by atoms with Crippen molar-refractivity contribution in [1.29, 1.82) is 0 Å². The predicted molar refractivity (Wildman–Crippen MR) is 114 cm³/mol. The Labute approximate surface area is 172 Å². The standard InChI is InChI=1S/C26H27FO2/c1-17-24(19-6-11-22(28-2)12-7-19)15-20-8-13-23(29-3)16-26(20)25(17)14-18-4-9-21(27)10-5-18/h4-13,16-17,24-25H,14-15H2,1-3H3. The lowest BCUT2D eigenvalue weighted by Crippen LogP contribution is -2.28. The first-order valence-corrected chi connectivity index (χ1v) is 10.1. The van der Waals surface area contributed by atoms with Crippen molar-refractivity contribution in [2.24, 2.45) is 5.92 Å². The molecule has 0 aromatic heterocycles. The van der Waals surface area contributed by atoms with Gasteiger partial charge in [0.2, 0.25) is 0 Å². The molecular weight excluding hydrogens is 363 g/mol. The van der Waals surface area contributed by atoms with Gasteiger partial charge in [0.1, 0.15) is 17.3 Å². The van der Waals surface area contributed by atoms with E-state index in [4.69, 9.17) is 9.47 Å². The monoisotopic (exact) mass is 390 g/mol. The molecular formula is C26H27FO2. The largest absolute Gasteiger partial charge is 0.497 e. The summed E-state index contributed by atoms with van der Waals surface area (Å²) in [5.74, 6) is 2.78. The molecule has 3 atom stereocenters. The quantitative estimate of drug-likeness (QED) is 0.520. The Morgan fingerprint density at radius 1 is 0.862 bits per heavy atom. The topological polar surface area (TPSA) is 18.5 Å². The molecule has 29 heavy (non-hydrogen) atoms. The first-order chi connectivity index (χ1) is 14.1. The van der Waals surface area contributed by atoms with E-state index in [-0.39, 0.29) is 5.82 Å². The first-order valence-electron chi connectivity index (χ1n) is 10.1. The van der Waals surface area contributed by atoms with Crippen molar-refractivity contribution in [2.45, 2.75) is 31.6 Å². The van der Waals surface area contributed by atoms with Crippen LogP contribution in [0.4, 0.5) is 4.39 Å². The summed E-state index contributed by atoms with van der Waals surface area (Å²) in [5, 5.41) is 0. The molecule has 0 radical (unpaired) electrons. The van der Waals surface area contributed by atoms with Crippen LogP contribution in [0, 0.1) is 11.7 Å². The van der Waals surface area contributed by atoms with Gasteiger partial charge in [-0.25, -0.2) is 4.39 Å². The third-order valence-corrected chi connectivity index (χ3v) is 6.37. The van der Waals surface area contributed by atoms with Crippen LogP contribution in [0.1, 0.15) is 41.0 Å². The summed E-state index contributed by atoms with van der Waals surface area (Å²) >= 11 is 0. The third kappa shape index (κ3) is 4.00. The molecule has 2 nitrogen and oxygen atoms in total. The number of benzene rings is 3. The summed E-state index contributed by atoms with van der Waals surface area (Å²) in [6, 6.07) is 21.8. The maximum atomic E-state index is 13.4.